The van der Waals surface area contributed by atoms with E-state index in [0.717, 1.165) is 12.8 Å². The largest absolute Gasteiger partial charge is 0.325 e. The minimum atomic E-state index is -4.13. The first-order chi connectivity index (χ1) is 11.8. The Morgan fingerprint density at radius 1 is 1.15 bits per heavy atom. The van der Waals surface area contributed by atoms with Gasteiger partial charge in [-0.1, -0.05) is 24.3 Å². The molecule has 7 nitrogen and oxygen atoms in total. The second kappa shape index (κ2) is 7.77. The van der Waals surface area contributed by atoms with E-state index in [1.54, 1.807) is 6.07 Å². The van der Waals surface area contributed by atoms with Crippen LogP contribution < -0.4 is 15.8 Å². The first-order valence-corrected chi connectivity index (χ1v) is 9.73. The minimum absolute atomic E-state index is 0. The van der Waals surface area contributed by atoms with Gasteiger partial charge in [-0.3, -0.25) is 9.59 Å². The zero-order valence-electron chi connectivity index (χ0n) is 14.1. The molecular weight excluding hydrogens is 378 g/mol. The number of halogens is 1. The summed E-state index contributed by atoms with van der Waals surface area (Å²) in [6.07, 6.45) is 6.84. The molecule has 1 aliphatic heterocycles. The van der Waals surface area contributed by atoms with Crippen LogP contribution in [0, 0.1) is 5.92 Å². The molecule has 0 unspecified atom stereocenters. The number of sulfonamides is 1. The summed E-state index contributed by atoms with van der Waals surface area (Å²) in [4.78, 5) is 24.3. The summed E-state index contributed by atoms with van der Waals surface area (Å²) < 4.78 is 27.2. The molecule has 9 heteroatoms. The van der Waals surface area contributed by atoms with Gasteiger partial charge in [0.25, 0.3) is 15.9 Å². The van der Waals surface area contributed by atoms with Crippen molar-refractivity contribution < 1.29 is 18.0 Å². The van der Waals surface area contributed by atoms with Gasteiger partial charge in [0.15, 0.2) is 0 Å². The maximum atomic E-state index is 12.6. The Morgan fingerprint density at radius 2 is 1.88 bits per heavy atom. The predicted octanol–water partition coefficient (Wildman–Crippen LogP) is 1.70. The summed E-state index contributed by atoms with van der Waals surface area (Å²) >= 11 is 0. The van der Waals surface area contributed by atoms with Crippen LogP contribution in [0.4, 0.5) is 5.69 Å². The van der Waals surface area contributed by atoms with E-state index in [2.05, 4.69) is 10.0 Å². The lowest BCUT2D eigenvalue weighted by Crippen LogP contribution is -2.46. The monoisotopic (exact) mass is 399 g/mol. The Bertz CT molecular complexity index is 840. The number of hydrogen-bond acceptors (Lipinski definition) is 5. The Labute approximate surface area is 158 Å². The van der Waals surface area contributed by atoms with Gasteiger partial charge in [-0.25, -0.2) is 13.1 Å². The fraction of sp³-hybridized carbons (Fsp3) is 0.412. The average Bonchev–Trinajstić information content (AvgIpc) is 3.22. The van der Waals surface area contributed by atoms with E-state index in [0.29, 0.717) is 19.3 Å². The minimum Gasteiger partial charge on any atom is -0.325 e. The molecule has 142 valence electrons. The van der Waals surface area contributed by atoms with Gasteiger partial charge in [-0.2, -0.15) is 0 Å². The van der Waals surface area contributed by atoms with Crippen molar-refractivity contribution in [2.24, 2.45) is 11.7 Å². The van der Waals surface area contributed by atoms with Crippen LogP contribution in [0.1, 0.15) is 32.1 Å². The normalized spacial score (nSPS) is 29.3. The summed E-state index contributed by atoms with van der Waals surface area (Å²) in [7, 11) is -4.13. The van der Waals surface area contributed by atoms with E-state index in [4.69, 9.17) is 5.73 Å². The molecule has 1 saturated carbocycles. The highest BCUT2D eigenvalue weighted by Gasteiger charge is 2.56. The summed E-state index contributed by atoms with van der Waals surface area (Å²) in [6.45, 7) is 0. The van der Waals surface area contributed by atoms with Crippen LogP contribution in [0.2, 0.25) is 0 Å². The van der Waals surface area contributed by atoms with Crippen molar-refractivity contribution in [3.8, 4) is 0 Å². The van der Waals surface area contributed by atoms with Gasteiger partial charge in [-0.05, 0) is 37.8 Å². The van der Waals surface area contributed by atoms with Crippen LogP contribution in [-0.2, 0) is 19.6 Å². The van der Waals surface area contributed by atoms with E-state index >= 15 is 0 Å². The van der Waals surface area contributed by atoms with E-state index < -0.39 is 21.5 Å². The molecule has 4 N–H and O–H groups in total. The molecule has 0 radical (unpaired) electrons. The molecule has 3 rings (SSSR count). The number of carbonyl (C=O) groups excluding carboxylic acids is 2. The highest BCUT2D eigenvalue weighted by molar-refractivity contribution is 7.90. The third kappa shape index (κ3) is 4.25. The Morgan fingerprint density at radius 3 is 2.65 bits per heavy atom. The van der Waals surface area contributed by atoms with Gasteiger partial charge >= 0.3 is 0 Å². The van der Waals surface area contributed by atoms with E-state index in [9.17, 15) is 18.0 Å². The van der Waals surface area contributed by atoms with Gasteiger partial charge < -0.3 is 11.1 Å². The van der Waals surface area contributed by atoms with Crippen molar-refractivity contribution >= 4 is 39.9 Å². The summed E-state index contributed by atoms with van der Waals surface area (Å²) in [5, 5.41) is 2.61. The highest BCUT2D eigenvalue weighted by atomic mass is 35.5. The molecule has 1 aliphatic carbocycles. The molecule has 1 aromatic rings. The molecule has 1 heterocycles. The maximum Gasteiger partial charge on any atom is 0.266 e. The van der Waals surface area contributed by atoms with Crippen molar-refractivity contribution in [1.29, 1.82) is 0 Å². The zero-order chi connectivity index (χ0) is 18.1. The number of fused-ring (bicyclic) bond motifs is 2. The standard InChI is InChI=1S/C17H21N3O4S.ClH/c18-17-11-12(17)7-3-1-2-4-10-15(21)19-13-8-5-6-9-14(13)25(23,24)20-16(17)22;/h3,5-9,12H,1-2,4,10-11,18H2,(H,19,21)(H,20,22);1H/b7-3+;/t12-,17-;/m1./s1. The number of allylic oxidation sites excluding steroid dienone is 1. The fourth-order valence-electron chi connectivity index (χ4n) is 2.90. The van der Waals surface area contributed by atoms with Crippen LogP contribution in [0.3, 0.4) is 0 Å². The molecule has 1 fully saturated rings. The SMILES string of the molecule is Cl.N[C@]12C[C@H]1/C=C/CCCCC(=O)Nc1ccccc1S(=O)(=O)NC2=O. The molecule has 2 amide bonds. The molecule has 0 saturated heterocycles. The van der Waals surface area contributed by atoms with Gasteiger partial charge in [0.1, 0.15) is 10.4 Å². The quantitative estimate of drug-likeness (QED) is 0.574. The lowest BCUT2D eigenvalue weighted by Gasteiger charge is -2.15. The number of nitrogens with two attached hydrogens (primary N) is 1. The molecular formula is C17H22ClN3O4S. The van der Waals surface area contributed by atoms with Gasteiger partial charge in [0.05, 0.1) is 5.69 Å². The summed E-state index contributed by atoms with van der Waals surface area (Å²) in [5.74, 6) is -1.15. The zero-order valence-corrected chi connectivity index (χ0v) is 15.7. The van der Waals surface area contributed by atoms with Crippen LogP contribution in [0.5, 0.6) is 0 Å². The number of carbonyl (C=O) groups is 2. The molecule has 26 heavy (non-hydrogen) atoms. The van der Waals surface area contributed by atoms with Crippen molar-refractivity contribution in [3.63, 3.8) is 0 Å². The second-order valence-electron chi connectivity index (χ2n) is 6.50. The number of para-hydroxylation sites is 1. The van der Waals surface area contributed by atoms with Gasteiger partial charge in [0.2, 0.25) is 5.91 Å². The fourth-order valence-corrected chi connectivity index (χ4v) is 4.11. The topological polar surface area (TPSA) is 118 Å². The molecule has 0 bridgehead atoms. The highest BCUT2D eigenvalue weighted by Crippen LogP contribution is 2.42. The van der Waals surface area contributed by atoms with Gasteiger partial charge in [0, 0.05) is 12.3 Å². The first kappa shape index (κ1) is 20.4. The molecule has 0 aromatic heterocycles. The third-order valence-corrected chi connectivity index (χ3v) is 5.94. The Kier molecular flexibility index (Phi) is 6.10. The molecule has 0 spiro atoms. The number of nitrogens with one attached hydrogen (secondary N) is 2. The molecule has 2 aliphatic rings. The Hall–Kier alpha value is -1.90. The van der Waals surface area contributed by atoms with Crippen molar-refractivity contribution in [3.05, 3.63) is 36.4 Å². The number of benzene rings is 1. The third-order valence-electron chi connectivity index (χ3n) is 4.55. The van der Waals surface area contributed by atoms with Crippen LogP contribution in [-0.4, -0.2) is 25.8 Å². The lowest BCUT2D eigenvalue weighted by molar-refractivity contribution is -0.121. The van der Waals surface area contributed by atoms with Crippen LogP contribution >= 0.6 is 12.4 Å². The lowest BCUT2D eigenvalue weighted by atomic mass is 10.1. The van der Waals surface area contributed by atoms with Crippen LogP contribution in [0.25, 0.3) is 0 Å². The first-order valence-electron chi connectivity index (χ1n) is 8.24. The van der Waals surface area contributed by atoms with Crippen molar-refractivity contribution in [2.75, 3.05) is 5.32 Å². The van der Waals surface area contributed by atoms with E-state index in [-0.39, 0.29) is 34.8 Å². The number of hydrogen-bond donors (Lipinski definition) is 3. The number of rotatable bonds is 0. The number of anilines is 1. The average molecular weight is 400 g/mol. The second-order valence-corrected chi connectivity index (χ2v) is 8.15. The smallest absolute Gasteiger partial charge is 0.266 e. The predicted molar refractivity (Wildman–Crippen MR) is 100 cm³/mol. The maximum absolute atomic E-state index is 12.6. The number of amides is 2. The van der Waals surface area contributed by atoms with E-state index in [1.165, 1.54) is 18.2 Å². The van der Waals surface area contributed by atoms with Gasteiger partial charge in [-0.15, -0.1) is 12.4 Å². The summed E-state index contributed by atoms with van der Waals surface area (Å²) in [6, 6.07) is 5.99. The Balaban J connectivity index is 0.00000243. The van der Waals surface area contributed by atoms with Crippen molar-refractivity contribution in [1.82, 2.24) is 4.72 Å². The van der Waals surface area contributed by atoms with Crippen LogP contribution in [0.15, 0.2) is 41.3 Å². The van der Waals surface area contributed by atoms with E-state index in [1.807, 2.05) is 12.2 Å². The van der Waals surface area contributed by atoms with Crippen molar-refractivity contribution in [2.45, 2.75) is 42.5 Å². The molecule has 1 aromatic carbocycles. The molecule has 2 atom stereocenters. The summed E-state index contributed by atoms with van der Waals surface area (Å²) in [5.41, 5.74) is 5.00.